The van der Waals surface area contributed by atoms with Crippen LogP contribution in [0.25, 0.3) is 0 Å². The number of rotatable bonds is 4. The molecule has 2 aliphatic rings. The summed E-state index contributed by atoms with van der Waals surface area (Å²) in [6.07, 6.45) is 11.2. The van der Waals surface area contributed by atoms with Crippen molar-refractivity contribution in [1.82, 2.24) is 5.43 Å². The largest absolute Gasteiger partial charge is 0.271 e. The first-order chi connectivity index (χ1) is 7.63. The third kappa shape index (κ3) is 2.60. The molecule has 0 radical (unpaired) electrons. The molecule has 0 aromatic rings. The van der Waals surface area contributed by atoms with Gasteiger partial charge in [0.15, 0.2) is 0 Å². The summed E-state index contributed by atoms with van der Waals surface area (Å²) in [5.74, 6) is 7.53. The van der Waals surface area contributed by atoms with E-state index < -0.39 is 0 Å². The SMILES string of the molecule is CC1(C)CCCC1C(CC1CCCC1)NN. The molecule has 2 atom stereocenters. The molecule has 3 N–H and O–H groups in total. The quantitative estimate of drug-likeness (QED) is 0.568. The maximum atomic E-state index is 5.80. The summed E-state index contributed by atoms with van der Waals surface area (Å²) >= 11 is 0. The van der Waals surface area contributed by atoms with E-state index in [-0.39, 0.29) is 0 Å². The average molecular weight is 224 g/mol. The van der Waals surface area contributed by atoms with Gasteiger partial charge in [0.05, 0.1) is 0 Å². The second kappa shape index (κ2) is 5.05. The molecular formula is C14H28N2. The number of nitrogens with one attached hydrogen (secondary N) is 1. The second-order valence-corrected chi connectivity index (χ2v) is 6.65. The van der Waals surface area contributed by atoms with Crippen LogP contribution in [0.2, 0.25) is 0 Å². The Kier molecular flexibility index (Phi) is 3.91. The van der Waals surface area contributed by atoms with Crippen LogP contribution in [0.3, 0.4) is 0 Å². The van der Waals surface area contributed by atoms with Crippen LogP contribution in [0.5, 0.6) is 0 Å². The molecule has 2 heteroatoms. The zero-order valence-electron chi connectivity index (χ0n) is 11.0. The molecule has 0 saturated heterocycles. The van der Waals surface area contributed by atoms with Gasteiger partial charge in [-0.15, -0.1) is 0 Å². The summed E-state index contributed by atoms with van der Waals surface area (Å²) in [4.78, 5) is 0. The summed E-state index contributed by atoms with van der Waals surface area (Å²) in [6.45, 7) is 4.84. The minimum Gasteiger partial charge on any atom is -0.271 e. The van der Waals surface area contributed by atoms with Gasteiger partial charge < -0.3 is 0 Å². The Balaban J connectivity index is 1.93. The second-order valence-electron chi connectivity index (χ2n) is 6.65. The highest BCUT2D eigenvalue weighted by molar-refractivity contribution is 4.92. The van der Waals surface area contributed by atoms with E-state index in [9.17, 15) is 0 Å². The molecule has 0 aromatic carbocycles. The van der Waals surface area contributed by atoms with Gasteiger partial charge in [0.2, 0.25) is 0 Å². The van der Waals surface area contributed by atoms with Crippen molar-refractivity contribution in [2.24, 2.45) is 23.1 Å². The van der Waals surface area contributed by atoms with Gasteiger partial charge in [0.25, 0.3) is 0 Å². The van der Waals surface area contributed by atoms with E-state index in [2.05, 4.69) is 19.3 Å². The fraction of sp³-hybridized carbons (Fsp3) is 1.00. The van der Waals surface area contributed by atoms with Crippen LogP contribution in [0.15, 0.2) is 0 Å². The fourth-order valence-corrected chi connectivity index (χ4v) is 4.05. The van der Waals surface area contributed by atoms with Gasteiger partial charge in [-0.2, -0.15) is 0 Å². The molecule has 0 aliphatic heterocycles. The summed E-state index contributed by atoms with van der Waals surface area (Å²) in [5.41, 5.74) is 3.62. The number of hydrazine groups is 1. The summed E-state index contributed by atoms with van der Waals surface area (Å²) < 4.78 is 0. The molecule has 0 bridgehead atoms. The van der Waals surface area contributed by atoms with E-state index in [1.807, 2.05) is 0 Å². The Hall–Kier alpha value is -0.0800. The number of nitrogens with two attached hydrogens (primary N) is 1. The molecule has 0 spiro atoms. The Morgan fingerprint density at radius 1 is 1.19 bits per heavy atom. The van der Waals surface area contributed by atoms with E-state index in [1.165, 1.54) is 51.4 Å². The standard InChI is InChI=1S/C14H28N2/c1-14(2)9-5-8-12(14)13(16-15)10-11-6-3-4-7-11/h11-13,16H,3-10,15H2,1-2H3. The van der Waals surface area contributed by atoms with Crippen LogP contribution in [-0.2, 0) is 0 Å². The molecule has 2 rings (SSSR count). The Morgan fingerprint density at radius 3 is 2.38 bits per heavy atom. The van der Waals surface area contributed by atoms with E-state index in [0.717, 1.165) is 11.8 Å². The van der Waals surface area contributed by atoms with Crippen LogP contribution in [-0.4, -0.2) is 6.04 Å². The van der Waals surface area contributed by atoms with E-state index >= 15 is 0 Å². The summed E-state index contributed by atoms with van der Waals surface area (Å²) in [6, 6.07) is 0.556. The third-order valence-electron chi connectivity index (χ3n) is 5.10. The smallest absolute Gasteiger partial charge is 0.0246 e. The molecule has 0 heterocycles. The predicted molar refractivity (Wildman–Crippen MR) is 68.8 cm³/mol. The fourth-order valence-electron chi connectivity index (χ4n) is 4.05. The van der Waals surface area contributed by atoms with E-state index in [4.69, 9.17) is 5.84 Å². The van der Waals surface area contributed by atoms with Crippen molar-refractivity contribution in [2.45, 2.75) is 71.3 Å². The molecule has 2 fully saturated rings. The van der Waals surface area contributed by atoms with Gasteiger partial charge in [0.1, 0.15) is 0 Å². The zero-order chi connectivity index (χ0) is 11.6. The molecule has 0 aromatic heterocycles. The van der Waals surface area contributed by atoms with Crippen molar-refractivity contribution in [3.63, 3.8) is 0 Å². The van der Waals surface area contributed by atoms with Crippen LogP contribution in [0.4, 0.5) is 0 Å². The first-order valence-electron chi connectivity index (χ1n) is 7.09. The molecule has 0 amide bonds. The summed E-state index contributed by atoms with van der Waals surface area (Å²) in [5, 5.41) is 0. The molecule has 2 aliphatic carbocycles. The van der Waals surface area contributed by atoms with Gasteiger partial charge in [-0.05, 0) is 36.5 Å². The Labute approximate surface area is 100 Å². The van der Waals surface area contributed by atoms with Crippen LogP contribution >= 0.6 is 0 Å². The lowest BCUT2D eigenvalue weighted by Gasteiger charge is -2.35. The van der Waals surface area contributed by atoms with Crippen molar-refractivity contribution in [3.8, 4) is 0 Å². The van der Waals surface area contributed by atoms with Crippen molar-refractivity contribution in [2.75, 3.05) is 0 Å². The molecule has 94 valence electrons. The van der Waals surface area contributed by atoms with Gasteiger partial charge in [0, 0.05) is 6.04 Å². The monoisotopic (exact) mass is 224 g/mol. The maximum Gasteiger partial charge on any atom is 0.0246 e. The van der Waals surface area contributed by atoms with Crippen LogP contribution in [0.1, 0.15) is 65.2 Å². The van der Waals surface area contributed by atoms with Gasteiger partial charge in [-0.1, -0.05) is 46.0 Å². The van der Waals surface area contributed by atoms with Crippen molar-refractivity contribution in [3.05, 3.63) is 0 Å². The Morgan fingerprint density at radius 2 is 1.88 bits per heavy atom. The lowest BCUT2D eigenvalue weighted by Crippen LogP contribution is -2.45. The topological polar surface area (TPSA) is 38.0 Å². The van der Waals surface area contributed by atoms with Gasteiger partial charge in [-0.3, -0.25) is 11.3 Å². The molecular weight excluding hydrogens is 196 g/mol. The highest BCUT2D eigenvalue weighted by atomic mass is 15.2. The Bertz CT molecular complexity index is 219. The third-order valence-corrected chi connectivity index (χ3v) is 5.10. The first kappa shape index (κ1) is 12.4. The lowest BCUT2D eigenvalue weighted by molar-refractivity contribution is 0.176. The van der Waals surface area contributed by atoms with Crippen molar-refractivity contribution < 1.29 is 0 Å². The summed E-state index contributed by atoms with van der Waals surface area (Å²) in [7, 11) is 0. The van der Waals surface area contributed by atoms with Crippen molar-refractivity contribution >= 4 is 0 Å². The van der Waals surface area contributed by atoms with Crippen LogP contribution in [0, 0.1) is 17.3 Å². The number of hydrogen-bond acceptors (Lipinski definition) is 2. The molecule has 2 nitrogen and oxygen atoms in total. The molecule has 2 saturated carbocycles. The van der Waals surface area contributed by atoms with E-state index in [0.29, 0.717) is 11.5 Å². The molecule has 2 unspecified atom stereocenters. The maximum absolute atomic E-state index is 5.80. The van der Waals surface area contributed by atoms with Crippen molar-refractivity contribution in [1.29, 1.82) is 0 Å². The average Bonchev–Trinajstić information content (AvgIpc) is 2.84. The van der Waals surface area contributed by atoms with E-state index in [1.54, 1.807) is 0 Å². The lowest BCUT2D eigenvalue weighted by atomic mass is 9.75. The highest BCUT2D eigenvalue weighted by Gasteiger charge is 2.39. The minimum atomic E-state index is 0.496. The number of hydrogen-bond donors (Lipinski definition) is 2. The normalized spacial score (nSPS) is 32.1. The first-order valence-corrected chi connectivity index (χ1v) is 7.09. The highest BCUT2D eigenvalue weighted by Crippen LogP contribution is 2.46. The zero-order valence-corrected chi connectivity index (χ0v) is 11.0. The molecule has 16 heavy (non-hydrogen) atoms. The van der Waals surface area contributed by atoms with Crippen LogP contribution < -0.4 is 11.3 Å². The predicted octanol–water partition coefficient (Wildman–Crippen LogP) is 3.22. The minimum absolute atomic E-state index is 0.496. The van der Waals surface area contributed by atoms with Gasteiger partial charge >= 0.3 is 0 Å². The van der Waals surface area contributed by atoms with Gasteiger partial charge in [-0.25, -0.2) is 0 Å².